The number of Topliss-reactive ketones (excluding diaryl/α,β-unsaturated/α-hetero) is 1. The van der Waals surface area contributed by atoms with E-state index in [1.54, 1.807) is 18.5 Å². The Morgan fingerprint density at radius 2 is 1.82 bits per heavy atom. The Hall–Kier alpha value is -3.48. The Labute approximate surface area is 161 Å². The molecule has 0 aliphatic carbocycles. The maximum atomic E-state index is 13.4. The van der Waals surface area contributed by atoms with Gasteiger partial charge in [0.2, 0.25) is 0 Å². The summed E-state index contributed by atoms with van der Waals surface area (Å²) in [5, 5.41) is 4.36. The molecule has 144 valence electrons. The molecule has 1 aromatic heterocycles. The molecular formula is C21H19FN2O4. The molecule has 28 heavy (non-hydrogen) atoms. The maximum absolute atomic E-state index is 13.4. The fraction of sp³-hybridized carbons (Fsp3) is 0.190. The molecular weight excluding hydrogens is 363 g/mol. The Morgan fingerprint density at radius 3 is 2.50 bits per heavy atom. The minimum atomic E-state index is -1.04. The van der Waals surface area contributed by atoms with Crippen LogP contribution in [0.2, 0.25) is 0 Å². The Balaban J connectivity index is 1.80. The van der Waals surface area contributed by atoms with Crippen LogP contribution in [0.3, 0.4) is 0 Å². The van der Waals surface area contributed by atoms with Crippen LogP contribution in [0.4, 0.5) is 4.39 Å². The van der Waals surface area contributed by atoms with Crippen LogP contribution in [0, 0.1) is 19.7 Å². The number of carbonyl (C=O) groups excluding carboxylic acids is 2. The number of ketones is 1. The SMILES string of the molecule is COc1ccc(F)cc1COC(=O)C(=O)c1c(C)nn(-c2ccccc2)c1C. The molecule has 2 aromatic carbocycles. The van der Waals surface area contributed by atoms with Crippen molar-refractivity contribution in [3.8, 4) is 11.4 Å². The number of hydrogen-bond acceptors (Lipinski definition) is 5. The highest BCUT2D eigenvalue weighted by atomic mass is 19.1. The van der Waals surface area contributed by atoms with Gasteiger partial charge in [0, 0.05) is 5.56 Å². The summed E-state index contributed by atoms with van der Waals surface area (Å²) >= 11 is 0. The molecule has 0 atom stereocenters. The number of aromatic nitrogens is 2. The van der Waals surface area contributed by atoms with Crippen LogP contribution in [0.5, 0.6) is 5.75 Å². The molecule has 0 aliphatic heterocycles. The number of ether oxygens (including phenoxy) is 2. The highest BCUT2D eigenvalue weighted by Gasteiger charge is 2.26. The third-order valence-corrected chi connectivity index (χ3v) is 4.31. The van der Waals surface area contributed by atoms with Crippen LogP contribution in [0.15, 0.2) is 48.5 Å². The van der Waals surface area contributed by atoms with Gasteiger partial charge in [-0.1, -0.05) is 18.2 Å². The molecule has 0 N–H and O–H groups in total. The van der Waals surface area contributed by atoms with Gasteiger partial charge in [-0.2, -0.15) is 5.10 Å². The first-order valence-electron chi connectivity index (χ1n) is 8.58. The van der Waals surface area contributed by atoms with E-state index in [1.165, 1.54) is 25.3 Å². The van der Waals surface area contributed by atoms with Crippen LogP contribution in [0.1, 0.15) is 27.3 Å². The standard InChI is InChI=1S/C21H19FN2O4/c1-13-19(14(2)24(23-13)17-7-5-4-6-8-17)20(25)21(26)28-12-15-11-16(22)9-10-18(15)27-3/h4-11H,12H2,1-3H3. The Kier molecular flexibility index (Phi) is 5.54. The average Bonchev–Trinajstić information content (AvgIpc) is 3.00. The third kappa shape index (κ3) is 3.78. The van der Waals surface area contributed by atoms with E-state index < -0.39 is 17.6 Å². The number of methoxy groups -OCH3 is 1. The summed E-state index contributed by atoms with van der Waals surface area (Å²) in [7, 11) is 1.43. The lowest BCUT2D eigenvalue weighted by atomic mass is 10.1. The summed E-state index contributed by atoms with van der Waals surface area (Å²) in [6.45, 7) is 3.09. The van der Waals surface area contributed by atoms with E-state index in [0.29, 0.717) is 22.7 Å². The van der Waals surface area contributed by atoms with Crippen molar-refractivity contribution in [2.45, 2.75) is 20.5 Å². The number of rotatable bonds is 6. The molecule has 0 radical (unpaired) electrons. The number of benzene rings is 2. The number of aryl methyl sites for hydroxylation is 1. The quantitative estimate of drug-likeness (QED) is 0.370. The number of esters is 1. The van der Waals surface area contributed by atoms with Crippen LogP contribution >= 0.6 is 0 Å². The van der Waals surface area contributed by atoms with E-state index in [-0.39, 0.29) is 12.2 Å². The second-order valence-electron chi connectivity index (χ2n) is 6.15. The van der Waals surface area contributed by atoms with Gasteiger partial charge in [-0.05, 0) is 44.2 Å². The van der Waals surface area contributed by atoms with E-state index in [1.807, 2.05) is 30.3 Å². The van der Waals surface area contributed by atoms with Crippen molar-refractivity contribution in [1.29, 1.82) is 0 Å². The summed E-state index contributed by atoms with van der Waals surface area (Å²) in [5.41, 5.74) is 2.26. The fourth-order valence-electron chi connectivity index (χ4n) is 2.96. The molecule has 6 nitrogen and oxygen atoms in total. The second kappa shape index (κ2) is 8.04. The van der Waals surface area contributed by atoms with Crippen LogP contribution in [0.25, 0.3) is 5.69 Å². The fourth-order valence-corrected chi connectivity index (χ4v) is 2.96. The van der Waals surface area contributed by atoms with Crippen LogP contribution in [-0.4, -0.2) is 28.6 Å². The van der Waals surface area contributed by atoms with Gasteiger partial charge in [0.25, 0.3) is 5.78 Å². The smallest absolute Gasteiger partial charge is 0.380 e. The van der Waals surface area contributed by atoms with Crippen molar-refractivity contribution >= 4 is 11.8 Å². The highest BCUT2D eigenvalue weighted by molar-refractivity contribution is 6.41. The maximum Gasteiger partial charge on any atom is 0.380 e. The van der Waals surface area contributed by atoms with Crippen LogP contribution < -0.4 is 4.74 Å². The monoisotopic (exact) mass is 382 g/mol. The average molecular weight is 382 g/mol. The lowest BCUT2D eigenvalue weighted by Gasteiger charge is -2.09. The molecule has 0 bridgehead atoms. The van der Waals surface area contributed by atoms with Gasteiger partial charge in [-0.25, -0.2) is 13.9 Å². The number of carbonyl (C=O) groups is 2. The molecule has 1 heterocycles. The molecule has 0 amide bonds. The summed E-state index contributed by atoms with van der Waals surface area (Å²) in [6, 6.07) is 13.1. The normalized spacial score (nSPS) is 10.6. The zero-order valence-electron chi connectivity index (χ0n) is 15.7. The van der Waals surface area contributed by atoms with Gasteiger partial charge in [-0.3, -0.25) is 4.79 Å². The first kappa shape index (κ1) is 19.3. The van der Waals surface area contributed by atoms with Gasteiger partial charge < -0.3 is 9.47 Å². The largest absolute Gasteiger partial charge is 0.496 e. The molecule has 0 unspecified atom stereocenters. The van der Waals surface area contributed by atoms with Gasteiger partial charge in [-0.15, -0.1) is 0 Å². The predicted molar refractivity (Wildman–Crippen MR) is 100 cm³/mol. The van der Waals surface area contributed by atoms with E-state index in [2.05, 4.69) is 5.10 Å². The number of halogens is 1. The topological polar surface area (TPSA) is 70.4 Å². The minimum absolute atomic E-state index is 0.195. The molecule has 3 aromatic rings. The van der Waals surface area contributed by atoms with Crippen molar-refractivity contribution in [3.05, 3.63) is 76.9 Å². The van der Waals surface area contributed by atoms with Crippen molar-refractivity contribution < 1.29 is 23.5 Å². The van der Waals surface area contributed by atoms with E-state index in [4.69, 9.17) is 9.47 Å². The van der Waals surface area contributed by atoms with E-state index in [9.17, 15) is 14.0 Å². The van der Waals surface area contributed by atoms with Gasteiger partial charge in [0.05, 0.1) is 29.7 Å². The first-order valence-corrected chi connectivity index (χ1v) is 8.58. The van der Waals surface area contributed by atoms with E-state index >= 15 is 0 Å². The summed E-state index contributed by atoms with van der Waals surface area (Å²) in [6.07, 6.45) is 0. The van der Waals surface area contributed by atoms with Crippen molar-refractivity contribution in [2.24, 2.45) is 0 Å². The van der Waals surface area contributed by atoms with E-state index in [0.717, 1.165) is 5.69 Å². The second-order valence-corrected chi connectivity index (χ2v) is 6.15. The highest BCUT2D eigenvalue weighted by Crippen LogP contribution is 2.22. The third-order valence-electron chi connectivity index (χ3n) is 4.31. The lowest BCUT2D eigenvalue weighted by molar-refractivity contribution is -0.139. The lowest BCUT2D eigenvalue weighted by Crippen LogP contribution is -2.19. The number of para-hydroxylation sites is 1. The molecule has 0 fully saturated rings. The summed E-state index contributed by atoms with van der Waals surface area (Å²) in [4.78, 5) is 24.9. The van der Waals surface area contributed by atoms with Crippen molar-refractivity contribution in [2.75, 3.05) is 7.11 Å². The zero-order valence-corrected chi connectivity index (χ0v) is 15.7. The summed E-state index contributed by atoms with van der Waals surface area (Å²) in [5.74, 6) is -1.96. The van der Waals surface area contributed by atoms with Crippen molar-refractivity contribution in [3.63, 3.8) is 0 Å². The zero-order chi connectivity index (χ0) is 20.3. The van der Waals surface area contributed by atoms with Gasteiger partial charge in [0.15, 0.2) is 0 Å². The minimum Gasteiger partial charge on any atom is -0.496 e. The Morgan fingerprint density at radius 1 is 1.11 bits per heavy atom. The Bertz CT molecular complexity index is 1030. The molecule has 0 saturated carbocycles. The molecule has 7 heteroatoms. The molecule has 0 aliphatic rings. The molecule has 3 rings (SSSR count). The number of nitrogens with zero attached hydrogens (tertiary/aromatic N) is 2. The summed E-state index contributed by atoms with van der Waals surface area (Å²) < 4.78 is 25.2. The molecule has 0 saturated heterocycles. The predicted octanol–water partition coefficient (Wildman–Crippen LogP) is 3.56. The molecule has 0 spiro atoms. The number of hydrogen-bond donors (Lipinski definition) is 0. The van der Waals surface area contributed by atoms with Crippen molar-refractivity contribution in [1.82, 2.24) is 9.78 Å². The van der Waals surface area contributed by atoms with Gasteiger partial charge in [0.1, 0.15) is 18.2 Å². The van der Waals surface area contributed by atoms with Gasteiger partial charge >= 0.3 is 5.97 Å². The first-order chi connectivity index (χ1) is 13.4. The van der Waals surface area contributed by atoms with Crippen LogP contribution in [-0.2, 0) is 16.1 Å².